The van der Waals surface area contributed by atoms with Crippen LogP contribution in [0.2, 0.25) is 0 Å². The molecule has 148 valence electrons. The number of hydrogen-bond acceptors (Lipinski definition) is 5. The summed E-state index contributed by atoms with van der Waals surface area (Å²) in [5.41, 5.74) is 0. The Balaban J connectivity index is 2.15. The average molecular weight is 411 g/mol. The molecule has 0 aliphatic heterocycles. The molecule has 8 heteroatoms. The van der Waals surface area contributed by atoms with Gasteiger partial charge in [-0.2, -0.15) is 4.72 Å². The highest BCUT2D eigenvalue weighted by Gasteiger charge is 2.27. The van der Waals surface area contributed by atoms with Crippen LogP contribution < -0.4 is 14.8 Å². The minimum atomic E-state index is -3.83. The summed E-state index contributed by atoms with van der Waals surface area (Å²) in [5, 5.41) is 4.85. The van der Waals surface area contributed by atoms with Gasteiger partial charge < -0.3 is 10.1 Å². The Hall–Kier alpha value is -1.90. The Labute approximate surface area is 165 Å². The number of ether oxygens (including phenoxy) is 1. The third-order valence-electron chi connectivity index (χ3n) is 4.02. The minimum Gasteiger partial charge on any atom is -0.497 e. The van der Waals surface area contributed by atoms with E-state index < -0.39 is 16.1 Å². The van der Waals surface area contributed by atoms with Crippen molar-refractivity contribution >= 4 is 27.3 Å². The lowest BCUT2D eigenvalue weighted by molar-refractivity contribution is -0.123. The second-order valence-electron chi connectivity index (χ2n) is 6.72. The van der Waals surface area contributed by atoms with Crippen LogP contribution in [0.1, 0.15) is 38.1 Å². The fraction of sp³-hybridized carbons (Fsp3) is 0.421. The molecular formula is C19H26N2O4S2. The van der Waals surface area contributed by atoms with Crippen molar-refractivity contribution in [2.75, 3.05) is 7.11 Å². The van der Waals surface area contributed by atoms with Crippen molar-refractivity contribution in [1.29, 1.82) is 0 Å². The Morgan fingerprint density at radius 3 is 2.33 bits per heavy atom. The first-order valence-corrected chi connectivity index (χ1v) is 11.1. The lowest BCUT2D eigenvalue weighted by atomic mass is 10.0. The third kappa shape index (κ3) is 6.05. The van der Waals surface area contributed by atoms with Gasteiger partial charge in [0.15, 0.2) is 0 Å². The Bertz CT molecular complexity index is 831. The molecule has 2 N–H and O–H groups in total. The highest BCUT2D eigenvalue weighted by atomic mass is 32.2. The van der Waals surface area contributed by atoms with Gasteiger partial charge >= 0.3 is 0 Å². The summed E-state index contributed by atoms with van der Waals surface area (Å²) in [6.07, 6.45) is 0.401. The Morgan fingerprint density at radius 1 is 1.15 bits per heavy atom. The van der Waals surface area contributed by atoms with E-state index in [1.807, 2.05) is 38.3 Å². The monoisotopic (exact) mass is 410 g/mol. The molecular weight excluding hydrogens is 384 g/mol. The topological polar surface area (TPSA) is 84.5 Å². The molecule has 6 nitrogen and oxygen atoms in total. The zero-order valence-electron chi connectivity index (χ0n) is 15.9. The van der Waals surface area contributed by atoms with Crippen LogP contribution in [0, 0.1) is 5.92 Å². The van der Waals surface area contributed by atoms with Gasteiger partial charge in [0.05, 0.1) is 18.0 Å². The molecule has 0 unspecified atom stereocenters. The van der Waals surface area contributed by atoms with Crippen molar-refractivity contribution in [1.82, 2.24) is 10.0 Å². The fourth-order valence-corrected chi connectivity index (χ4v) is 4.56. The molecule has 1 heterocycles. The van der Waals surface area contributed by atoms with E-state index in [4.69, 9.17) is 4.74 Å². The highest BCUT2D eigenvalue weighted by molar-refractivity contribution is 7.89. The zero-order valence-corrected chi connectivity index (χ0v) is 17.6. The first kappa shape index (κ1) is 21.4. The molecule has 0 spiro atoms. The van der Waals surface area contributed by atoms with Crippen molar-refractivity contribution in [2.45, 2.75) is 44.2 Å². The van der Waals surface area contributed by atoms with Crippen LogP contribution in [0.25, 0.3) is 0 Å². The second kappa shape index (κ2) is 9.34. The molecule has 2 rings (SSSR count). The highest BCUT2D eigenvalue weighted by Crippen LogP contribution is 2.20. The van der Waals surface area contributed by atoms with Crippen molar-refractivity contribution in [3.63, 3.8) is 0 Å². The van der Waals surface area contributed by atoms with E-state index in [9.17, 15) is 13.2 Å². The number of methoxy groups -OCH3 is 1. The maximum absolute atomic E-state index is 12.7. The molecule has 0 aliphatic carbocycles. The summed E-state index contributed by atoms with van der Waals surface area (Å²) in [7, 11) is -2.32. The zero-order chi connectivity index (χ0) is 20.0. The van der Waals surface area contributed by atoms with Gasteiger partial charge in [-0.1, -0.05) is 19.9 Å². The molecule has 1 aromatic carbocycles. The molecule has 2 atom stereocenters. The Kier molecular flexibility index (Phi) is 7.41. The molecule has 1 aromatic heterocycles. The van der Waals surface area contributed by atoms with Crippen LogP contribution >= 0.6 is 11.3 Å². The van der Waals surface area contributed by atoms with Crippen LogP contribution in [0.15, 0.2) is 46.7 Å². The number of nitrogens with one attached hydrogen (secondary N) is 2. The molecule has 0 saturated carbocycles. The summed E-state index contributed by atoms with van der Waals surface area (Å²) in [6, 6.07) is 8.89. The first-order valence-electron chi connectivity index (χ1n) is 8.73. The van der Waals surface area contributed by atoms with E-state index >= 15 is 0 Å². The number of benzene rings is 1. The molecule has 0 saturated heterocycles. The van der Waals surface area contributed by atoms with Crippen molar-refractivity contribution in [2.24, 2.45) is 5.92 Å². The number of sulfonamides is 1. The van der Waals surface area contributed by atoms with Gasteiger partial charge in [-0.15, -0.1) is 11.3 Å². The van der Waals surface area contributed by atoms with Gasteiger partial charge in [-0.3, -0.25) is 4.79 Å². The van der Waals surface area contributed by atoms with Crippen LogP contribution in [-0.2, 0) is 14.8 Å². The predicted octanol–water partition coefficient (Wildman–Crippen LogP) is 3.33. The van der Waals surface area contributed by atoms with E-state index in [1.165, 1.54) is 19.2 Å². The van der Waals surface area contributed by atoms with E-state index in [1.54, 1.807) is 23.5 Å². The van der Waals surface area contributed by atoms with Crippen LogP contribution in [0.4, 0.5) is 0 Å². The smallest absolute Gasteiger partial charge is 0.241 e. The molecule has 0 bridgehead atoms. The van der Waals surface area contributed by atoms with Gasteiger partial charge in [0, 0.05) is 4.88 Å². The lowest BCUT2D eigenvalue weighted by Crippen LogP contribution is -2.47. The van der Waals surface area contributed by atoms with Gasteiger partial charge in [0.25, 0.3) is 0 Å². The standard InChI is InChI=1S/C19H26N2O4S2/c1-13(2)12-17(19(22)20-14(3)18-6-5-11-26-18)21-27(23,24)16-9-7-15(25-4)8-10-16/h5-11,13-14,17,21H,12H2,1-4H3,(H,20,22)/t14-,17-/m0/s1. The lowest BCUT2D eigenvalue weighted by Gasteiger charge is -2.22. The summed E-state index contributed by atoms with van der Waals surface area (Å²) in [6.45, 7) is 5.78. The van der Waals surface area contributed by atoms with Gasteiger partial charge in [-0.05, 0) is 55.0 Å². The first-order chi connectivity index (χ1) is 12.7. The fourth-order valence-electron chi connectivity index (χ4n) is 2.61. The largest absolute Gasteiger partial charge is 0.497 e. The quantitative estimate of drug-likeness (QED) is 0.664. The van der Waals surface area contributed by atoms with Crippen molar-refractivity contribution < 1.29 is 17.9 Å². The van der Waals surface area contributed by atoms with Gasteiger partial charge in [0.1, 0.15) is 11.8 Å². The van der Waals surface area contributed by atoms with Gasteiger partial charge in [-0.25, -0.2) is 8.42 Å². The molecule has 0 radical (unpaired) electrons. The van der Waals surface area contributed by atoms with Crippen LogP contribution in [0.5, 0.6) is 5.75 Å². The number of hydrogen-bond donors (Lipinski definition) is 2. The molecule has 0 aliphatic rings. The number of carbonyl (C=O) groups is 1. The van der Waals surface area contributed by atoms with E-state index in [0.29, 0.717) is 12.2 Å². The van der Waals surface area contributed by atoms with E-state index in [-0.39, 0.29) is 22.8 Å². The van der Waals surface area contributed by atoms with E-state index in [2.05, 4.69) is 10.0 Å². The number of carbonyl (C=O) groups excluding carboxylic acids is 1. The molecule has 2 aromatic rings. The van der Waals surface area contributed by atoms with Crippen molar-refractivity contribution in [3.8, 4) is 5.75 Å². The second-order valence-corrected chi connectivity index (χ2v) is 9.42. The van der Waals surface area contributed by atoms with Crippen LogP contribution in [-0.4, -0.2) is 27.5 Å². The SMILES string of the molecule is COc1ccc(S(=O)(=O)N[C@@H](CC(C)C)C(=O)N[C@@H](C)c2cccs2)cc1. The van der Waals surface area contributed by atoms with Gasteiger partial charge in [0.2, 0.25) is 15.9 Å². The maximum atomic E-state index is 12.7. The average Bonchev–Trinajstić information content (AvgIpc) is 3.15. The predicted molar refractivity (Wildman–Crippen MR) is 107 cm³/mol. The molecule has 27 heavy (non-hydrogen) atoms. The van der Waals surface area contributed by atoms with E-state index in [0.717, 1.165) is 4.88 Å². The Morgan fingerprint density at radius 2 is 1.81 bits per heavy atom. The minimum absolute atomic E-state index is 0.0937. The summed E-state index contributed by atoms with van der Waals surface area (Å²) >= 11 is 1.55. The maximum Gasteiger partial charge on any atom is 0.241 e. The summed E-state index contributed by atoms with van der Waals surface area (Å²) in [5.74, 6) is 0.383. The number of rotatable bonds is 9. The summed E-state index contributed by atoms with van der Waals surface area (Å²) in [4.78, 5) is 13.9. The van der Waals surface area contributed by atoms with Crippen molar-refractivity contribution in [3.05, 3.63) is 46.7 Å². The molecule has 0 fully saturated rings. The summed E-state index contributed by atoms with van der Waals surface area (Å²) < 4.78 is 33.0. The number of amides is 1. The van der Waals surface area contributed by atoms with Crippen LogP contribution in [0.3, 0.4) is 0 Å². The third-order valence-corrected chi connectivity index (χ3v) is 6.56. The molecule has 1 amide bonds. The normalized spacial score (nSPS) is 14.0. The number of thiophene rings is 1.